The summed E-state index contributed by atoms with van der Waals surface area (Å²) < 4.78 is 6.60. The van der Waals surface area contributed by atoms with Gasteiger partial charge in [-0.25, -0.2) is 0 Å². The predicted molar refractivity (Wildman–Crippen MR) is 143 cm³/mol. The van der Waals surface area contributed by atoms with E-state index >= 15 is 0 Å². The van der Waals surface area contributed by atoms with Gasteiger partial charge in [0.2, 0.25) is 5.91 Å². The van der Waals surface area contributed by atoms with Gasteiger partial charge in [0.1, 0.15) is 11.8 Å². The number of carbonyl (C=O) groups is 2. The van der Waals surface area contributed by atoms with Gasteiger partial charge in [-0.2, -0.15) is 0 Å². The number of hydrogen-bond donors (Lipinski definition) is 1. The number of halogens is 2. The van der Waals surface area contributed by atoms with Crippen LogP contribution in [-0.4, -0.2) is 35.4 Å². The van der Waals surface area contributed by atoms with E-state index in [1.54, 1.807) is 23.1 Å². The van der Waals surface area contributed by atoms with Crippen LogP contribution < -0.4 is 10.1 Å². The van der Waals surface area contributed by atoms with Crippen molar-refractivity contribution in [3.8, 4) is 5.75 Å². The van der Waals surface area contributed by atoms with Gasteiger partial charge in [0.15, 0.2) is 6.61 Å². The summed E-state index contributed by atoms with van der Waals surface area (Å²) in [5.74, 6) is -0.0752. The van der Waals surface area contributed by atoms with Crippen LogP contribution in [0.15, 0.2) is 83.3 Å². The number of nitrogens with zero attached hydrogens (tertiary/aromatic N) is 1. The lowest BCUT2D eigenvalue weighted by atomic mass is 10.0. The van der Waals surface area contributed by atoms with Crippen molar-refractivity contribution in [2.75, 3.05) is 6.61 Å². The van der Waals surface area contributed by atoms with Crippen LogP contribution in [0.4, 0.5) is 0 Å². The quantitative estimate of drug-likeness (QED) is 0.313. The maximum atomic E-state index is 13.6. The van der Waals surface area contributed by atoms with E-state index in [9.17, 15) is 9.59 Å². The molecule has 0 aromatic heterocycles. The Morgan fingerprint density at radius 1 is 1.00 bits per heavy atom. The van der Waals surface area contributed by atoms with E-state index in [-0.39, 0.29) is 31.0 Å². The second-order valence-electron chi connectivity index (χ2n) is 8.39. The Bertz CT molecular complexity index is 1110. The van der Waals surface area contributed by atoms with Gasteiger partial charge in [0.25, 0.3) is 5.91 Å². The van der Waals surface area contributed by atoms with Crippen molar-refractivity contribution in [3.05, 3.63) is 99.5 Å². The lowest BCUT2D eigenvalue weighted by Crippen LogP contribution is -2.53. The van der Waals surface area contributed by atoms with Gasteiger partial charge >= 0.3 is 0 Å². The average molecular weight is 558 g/mol. The highest BCUT2D eigenvalue weighted by atomic mass is 79.9. The van der Waals surface area contributed by atoms with Crippen molar-refractivity contribution < 1.29 is 14.3 Å². The van der Waals surface area contributed by atoms with Crippen LogP contribution >= 0.6 is 27.5 Å². The van der Waals surface area contributed by atoms with Crippen LogP contribution in [-0.2, 0) is 22.6 Å². The zero-order chi connectivity index (χ0) is 25.2. The summed E-state index contributed by atoms with van der Waals surface area (Å²) in [6.45, 7) is 4.01. The smallest absolute Gasteiger partial charge is 0.261 e. The first kappa shape index (κ1) is 26.8. The Morgan fingerprint density at radius 2 is 1.63 bits per heavy atom. The van der Waals surface area contributed by atoms with Crippen molar-refractivity contribution in [1.82, 2.24) is 10.2 Å². The third-order valence-corrected chi connectivity index (χ3v) is 6.50. The normalized spacial score (nSPS) is 12.5. The number of benzene rings is 3. The van der Waals surface area contributed by atoms with E-state index in [0.717, 1.165) is 22.0 Å². The molecule has 3 aromatic rings. The van der Waals surface area contributed by atoms with E-state index in [2.05, 4.69) is 21.2 Å². The third-order valence-electron chi connectivity index (χ3n) is 5.71. The largest absolute Gasteiger partial charge is 0.482 e. The molecule has 5 nitrogen and oxygen atoms in total. The van der Waals surface area contributed by atoms with Crippen LogP contribution in [0, 0.1) is 0 Å². The number of nitrogens with one attached hydrogen (secondary N) is 1. The van der Waals surface area contributed by atoms with Crippen LogP contribution in [0.25, 0.3) is 0 Å². The number of rotatable bonds is 11. The molecule has 2 amide bonds. The molecule has 0 aliphatic rings. The highest BCUT2D eigenvalue weighted by molar-refractivity contribution is 9.10. The Hall–Kier alpha value is -2.83. The Morgan fingerprint density at radius 3 is 2.23 bits per heavy atom. The van der Waals surface area contributed by atoms with Gasteiger partial charge in [0.05, 0.1) is 5.02 Å². The second kappa shape index (κ2) is 13.3. The van der Waals surface area contributed by atoms with Crippen molar-refractivity contribution in [3.63, 3.8) is 0 Å². The zero-order valence-corrected chi connectivity index (χ0v) is 22.3. The fraction of sp³-hybridized carbons (Fsp3) is 0.286. The summed E-state index contributed by atoms with van der Waals surface area (Å²) in [5, 5.41) is 3.46. The predicted octanol–water partition coefficient (Wildman–Crippen LogP) is 6.04. The molecule has 0 aliphatic carbocycles. The van der Waals surface area contributed by atoms with Crippen molar-refractivity contribution in [2.24, 2.45) is 0 Å². The molecule has 0 spiro atoms. The Labute approximate surface area is 220 Å². The maximum absolute atomic E-state index is 13.6. The number of ether oxygens (including phenoxy) is 1. The number of amides is 2. The van der Waals surface area contributed by atoms with Crippen molar-refractivity contribution in [1.29, 1.82) is 0 Å². The molecule has 0 saturated heterocycles. The molecule has 3 aromatic carbocycles. The third kappa shape index (κ3) is 8.11. The highest BCUT2D eigenvalue weighted by Gasteiger charge is 2.31. The van der Waals surface area contributed by atoms with Gasteiger partial charge in [-0.1, -0.05) is 95.1 Å². The summed E-state index contributed by atoms with van der Waals surface area (Å²) in [7, 11) is 0. The molecule has 0 unspecified atom stereocenters. The minimum absolute atomic E-state index is 0.00715. The second-order valence-corrected chi connectivity index (χ2v) is 9.72. The maximum Gasteiger partial charge on any atom is 0.261 e. The van der Waals surface area contributed by atoms with Gasteiger partial charge < -0.3 is 15.0 Å². The average Bonchev–Trinajstić information content (AvgIpc) is 2.86. The minimum Gasteiger partial charge on any atom is -0.482 e. The SMILES string of the molecule is CC[C@H](C)NC(=O)[C@H](Cc1ccccc1)N(Cc1ccccc1)C(=O)COc1ccc(Br)cc1Cl. The Balaban J connectivity index is 1.90. The first-order valence-corrected chi connectivity index (χ1v) is 12.8. The first-order chi connectivity index (χ1) is 16.9. The van der Waals surface area contributed by atoms with Crippen LogP contribution in [0.2, 0.25) is 5.02 Å². The number of carbonyl (C=O) groups excluding carboxylic acids is 2. The van der Waals surface area contributed by atoms with Crippen LogP contribution in [0.5, 0.6) is 5.75 Å². The zero-order valence-electron chi connectivity index (χ0n) is 19.9. The van der Waals surface area contributed by atoms with E-state index in [0.29, 0.717) is 17.2 Å². The molecule has 2 atom stereocenters. The topological polar surface area (TPSA) is 58.6 Å². The van der Waals surface area contributed by atoms with Crippen LogP contribution in [0.1, 0.15) is 31.4 Å². The molecule has 7 heteroatoms. The standard InChI is InChI=1S/C28H30BrClN2O3/c1-3-20(2)31-28(34)25(16-21-10-6-4-7-11-21)32(18-22-12-8-5-9-13-22)27(33)19-35-26-15-14-23(29)17-24(26)30/h4-15,17,20,25H,3,16,18-19H2,1-2H3,(H,31,34)/t20-,25-/m0/s1. The minimum atomic E-state index is -0.705. The molecule has 0 bridgehead atoms. The van der Waals surface area contributed by atoms with Crippen molar-refractivity contribution >= 4 is 39.3 Å². The van der Waals surface area contributed by atoms with E-state index in [4.69, 9.17) is 16.3 Å². The van der Waals surface area contributed by atoms with E-state index < -0.39 is 6.04 Å². The lowest BCUT2D eigenvalue weighted by Gasteiger charge is -2.32. The molecule has 184 valence electrons. The first-order valence-electron chi connectivity index (χ1n) is 11.6. The molecule has 35 heavy (non-hydrogen) atoms. The summed E-state index contributed by atoms with van der Waals surface area (Å²) in [6.07, 6.45) is 1.18. The molecule has 0 fully saturated rings. The lowest BCUT2D eigenvalue weighted by molar-refractivity contribution is -0.143. The molecule has 1 N–H and O–H groups in total. The molecule has 0 aliphatic heterocycles. The van der Waals surface area contributed by atoms with Crippen molar-refractivity contribution in [2.45, 2.75) is 45.3 Å². The molecule has 3 rings (SSSR count). The van der Waals surface area contributed by atoms with Gasteiger partial charge in [0, 0.05) is 23.5 Å². The Kier molecular flexibility index (Phi) is 10.2. The van der Waals surface area contributed by atoms with E-state index in [1.165, 1.54) is 0 Å². The summed E-state index contributed by atoms with van der Waals surface area (Å²) >= 11 is 9.64. The molecule has 0 saturated carbocycles. The molecular weight excluding hydrogens is 528 g/mol. The van der Waals surface area contributed by atoms with Gasteiger partial charge in [-0.15, -0.1) is 0 Å². The van der Waals surface area contributed by atoms with E-state index in [1.807, 2.05) is 74.5 Å². The fourth-order valence-corrected chi connectivity index (χ4v) is 4.32. The summed E-state index contributed by atoms with van der Waals surface area (Å²) in [4.78, 5) is 28.6. The summed E-state index contributed by atoms with van der Waals surface area (Å²) in [5.41, 5.74) is 1.90. The molecule has 0 radical (unpaired) electrons. The highest BCUT2D eigenvalue weighted by Crippen LogP contribution is 2.28. The monoisotopic (exact) mass is 556 g/mol. The van der Waals surface area contributed by atoms with Crippen LogP contribution in [0.3, 0.4) is 0 Å². The number of hydrogen-bond acceptors (Lipinski definition) is 3. The van der Waals surface area contributed by atoms with Gasteiger partial charge in [-0.3, -0.25) is 9.59 Å². The fourth-order valence-electron chi connectivity index (χ4n) is 3.59. The molecule has 0 heterocycles. The molecular formula is C28H30BrClN2O3. The summed E-state index contributed by atoms with van der Waals surface area (Å²) in [6, 6.07) is 23.9. The van der Waals surface area contributed by atoms with Gasteiger partial charge in [-0.05, 0) is 42.7 Å².